The zero-order valence-electron chi connectivity index (χ0n) is 11.4. The van der Waals surface area contributed by atoms with Gasteiger partial charge in [0.05, 0.1) is 0 Å². The summed E-state index contributed by atoms with van der Waals surface area (Å²) < 4.78 is 0. The van der Waals surface area contributed by atoms with E-state index in [1.165, 1.54) is 6.07 Å². The monoisotopic (exact) mass is 289 g/mol. The number of aryl methyl sites for hydroxylation is 1. The minimum atomic E-state index is -0.153. The first-order chi connectivity index (χ1) is 9.49. The Bertz CT molecular complexity index is 640. The summed E-state index contributed by atoms with van der Waals surface area (Å²) in [5.74, 6) is -0.0257. The van der Waals surface area contributed by atoms with Crippen LogP contribution in [0.1, 0.15) is 21.5 Å². The maximum atomic E-state index is 12.3. The normalized spacial score (nSPS) is 10.3. The number of carbonyl (C=O) groups excluding carboxylic acids is 1. The molecule has 0 aromatic heterocycles. The highest BCUT2D eigenvalue weighted by molar-refractivity contribution is 6.31. The van der Waals surface area contributed by atoms with E-state index in [2.05, 4.69) is 0 Å². The standard InChI is InChI=1S/C16H16ClNO2/c1-11-7-8-12(9-15(11)19)16(20)18(2)10-13-5-3-4-6-14(13)17/h3-9,19H,10H2,1-2H3. The molecule has 0 bridgehead atoms. The van der Waals surface area contributed by atoms with E-state index in [-0.39, 0.29) is 11.7 Å². The number of hydrogen-bond acceptors (Lipinski definition) is 2. The van der Waals surface area contributed by atoms with Gasteiger partial charge in [-0.2, -0.15) is 0 Å². The molecule has 0 spiro atoms. The van der Waals surface area contributed by atoms with Gasteiger partial charge < -0.3 is 10.0 Å². The highest BCUT2D eigenvalue weighted by Gasteiger charge is 2.14. The lowest BCUT2D eigenvalue weighted by Crippen LogP contribution is -2.26. The lowest BCUT2D eigenvalue weighted by molar-refractivity contribution is 0.0784. The van der Waals surface area contributed by atoms with Gasteiger partial charge in [0.2, 0.25) is 0 Å². The minimum absolute atomic E-state index is 0.127. The molecular weight excluding hydrogens is 274 g/mol. The molecule has 104 valence electrons. The van der Waals surface area contributed by atoms with Crippen molar-refractivity contribution in [3.8, 4) is 5.75 Å². The number of phenols is 1. The van der Waals surface area contributed by atoms with Crippen LogP contribution in [0.15, 0.2) is 42.5 Å². The van der Waals surface area contributed by atoms with Crippen molar-refractivity contribution in [3.05, 3.63) is 64.2 Å². The van der Waals surface area contributed by atoms with E-state index in [1.807, 2.05) is 18.2 Å². The van der Waals surface area contributed by atoms with Crippen molar-refractivity contribution in [1.29, 1.82) is 0 Å². The summed E-state index contributed by atoms with van der Waals surface area (Å²) in [5, 5.41) is 10.3. The van der Waals surface area contributed by atoms with Crippen LogP contribution < -0.4 is 0 Å². The predicted molar refractivity (Wildman–Crippen MR) is 80.1 cm³/mol. The van der Waals surface area contributed by atoms with Crippen LogP contribution in [-0.2, 0) is 6.54 Å². The number of rotatable bonds is 3. The van der Waals surface area contributed by atoms with Crippen LogP contribution in [0.25, 0.3) is 0 Å². The molecular formula is C16H16ClNO2. The lowest BCUT2D eigenvalue weighted by Gasteiger charge is -2.18. The summed E-state index contributed by atoms with van der Waals surface area (Å²) in [6.07, 6.45) is 0. The SMILES string of the molecule is Cc1ccc(C(=O)N(C)Cc2ccccc2Cl)cc1O. The second-order valence-corrected chi connectivity index (χ2v) is 5.16. The Hall–Kier alpha value is -2.00. The number of nitrogens with zero attached hydrogens (tertiary/aromatic N) is 1. The van der Waals surface area contributed by atoms with Crippen LogP contribution in [0.4, 0.5) is 0 Å². The molecule has 4 heteroatoms. The van der Waals surface area contributed by atoms with E-state index in [1.54, 1.807) is 37.1 Å². The number of benzene rings is 2. The van der Waals surface area contributed by atoms with Gasteiger partial charge >= 0.3 is 0 Å². The Morgan fingerprint density at radius 1 is 1.25 bits per heavy atom. The molecule has 0 unspecified atom stereocenters. The smallest absolute Gasteiger partial charge is 0.254 e. The zero-order chi connectivity index (χ0) is 14.7. The van der Waals surface area contributed by atoms with Gasteiger partial charge in [-0.05, 0) is 36.2 Å². The first kappa shape index (κ1) is 14.4. The van der Waals surface area contributed by atoms with E-state index in [0.717, 1.165) is 11.1 Å². The first-order valence-electron chi connectivity index (χ1n) is 6.27. The predicted octanol–water partition coefficient (Wildman–Crippen LogP) is 3.63. The number of halogens is 1. The van der Waals surface area contributed by atoms with Crippen LogP contribution in [-0.4, -0.2) is 23.0 Å². The highest BCUT2D eigenvalue weighted by atomic mass is 35.5. The fourth-order valence-electron chi connectivity index (χ4n) is 1.92. The van der Waals surface area contributed by atoms with Crippen molar-refractivity contribution in [3.63, 3.8) is 0 Å². The van der Waals surface area contributed by atoms with Crippen LogP contribution in [0.3, 0.4) is 0 Å². The minimum Gasteiger partial charge on any atom is -0.508 e. The van der Waals surface area contributed by atoms with Crippen LogP contribution in [0.2, 0.25) is 5.02 Å². The van der Waals surface area contributed by atoms with Crippen molar-refractivity contribution in [2.75, 3.05) is 7.05 Å². The molecule has 0 saturated carbocycles. The molecule has 2 rings (SSSR count). The Labute approximate surface area is 123 Å². The molecule has 2 aromatic rings. The maximum absolute atomic E-state index is 12.3. The van der Waals surface area contributed by atoms with E-state index < -0.39 is 0 Å². The molecule has 0 fully saturated rings. The highest BCUT2D eigenvalue weighted by Crippen LogP contribution is 2.20. The molecule has 20 heavy (non-hydrogen) atoms. The van der Waals surface area contributed by atoms with Gasteiger partial charge in [0.25, 0.3) is 5.91 Å². The molecule has 0 heterocycles. The van der Waals surface area contributed by atoms with Gasteiger partial charge in [0.1, 0.15) is 5.75 Å². The van der Waals surface area contributed by atoms with Crippen molar-refractivity contribution in [2.24, 2.45) is 0 Å². The third kappa shape index (κ3) is 3.11. The fraction of sp³-hybridized carbons (Fsp3) is 0.188. The summed E-state index contributed by atoms with van der Waals surface area (Å²) in [6.45, 7) is 2.21. The average molecular weight is 290 g/mol. The van der Waals surface area contributed by atoms with Crippen molar-refractivity contribution in [1.82, 2.24) is 4.90 Å². The molecule has 0 saturated heterocycles. The van der Waals surface area contributed by atoms with Crippen LogP contribution >= 0.6 is 11.6 Å². The summed E-state index contributed by atoms with van der Waals surface area (Å²) in [7, 11) is 1.71. The molecule has 0 aliphatic carbocycles. The molecule has 1 amide bonds. The number of aromatic hydroxyl groups is 1. The third-order valence-corrected chi connectivity index (χ3v) is 3.54. The van der Waals surface area contributed by atoms with Gasteiger partial charge in [0.15, 0.2) is 0 Å². The summed E-state index contributed by atoms with van der Waals surface area (Å²) in [6, 6.07) is 12.3. The summed E-state index contributed by atoms with van der Waals surface area (Å²) >= 11 is 6.09. The second kappa shape index (κ2) is 5.97. The van der Waals surface area contributed by atoms with E-state index >= 15 is 0 Å². The number of hydrogen-bond donors (Lipinski definition) is 1. The van der Waals surface area contributed by atoms with E-state index in [9.17, 15) is 9.90 Å². The molecule has 0 atom stereocenters. The Morgan fingerprint density at radius 2 is 1.95 bits per heavy atom. The fourth-order valence-corrected chi connectivity index (χ4v) is 2.11. The number of phenolic OH excluding ortho intramolecular Hbond substituents is 1. The van der Waals surface area contributed by atoms with Crippen molar-refractivity contribution in [2.45, 2.75) is 13.5 Å². The quantitative estimate of drug-likeness (QED) is 0.937. The largest absolute Gasteiger partial charge is 0.508 e. The van der Waals surface area contributed by atoms with Crippen LogP contribution in [0.5, 0.6) is 5.75 Å². The van der Waals surface area contributed by atoms with Crippen molar-refractivity contribution < 1.29 is 9.90 Å². The average Bonchev–Trinajstić information content (AvgIpc) is 2.43. The van der Waals surface area contributed by atoms with Gasteiger partial charge in [-0.1, -0.05) is 35.9 Å². The van der Waals surface area contributed by atoms with Gasteiger partial charge in [0, 0.05) is 24.2 Å². The molecule has 0 aliphatic rings. The van der Waals surface area contributed by atoms with Gasteiger partial charge in [-0.15, -0.1) is 0 Å². The zero-order valence-corrected chi connectivity index (χ0v) is 12.2. The summed E-state index contributed by atoms with van der Waals surface area (Å²) in [5.41, 5.74) is 2.10. The molecule has 0 radical (unpaired) electrons. The van der Waals surface area contributed by atoms with Gasteiger partial charge in [-0.3, -0.25) is 4.79 Å². The number of carbonyl (C=O) groups is 1. The first-order valence-corrected chi connectivity index (χ1v) is 6.65. The number of amides is 1. The molecule has 1 N–H and O–H groups in total. The molecule has 2 aromatic carbocycles. The Kier molecular flexibility index (Phi) is 4.30. The molecule has 3 nitrogen and oxygen atoms in total. The lowest BCUT2D eigenvalue weighted by atomic mass is 10.1. The molecule has 0 aliphatic heterocycles. The van der Waals surface area contributed by atoms with Crippen molar-refractivity contribution >= 4 is 17.5 Å². The van der Waals surface area contributed by atoms with Gasteiger partial charge in [-0.25, -0.2) is 0 Å². The maximum Gasteiger partial charge on any atom is 0.254 e. The second-order valence-electron chi connectivity index (χ2n) is 4.75. The Balaban J connectivity index is 2.16. The summed E-state index contributed by atoms with van der Waals surface area (Å²) in [4.78, 5) is 13.9. The Morgan fingerprint density at radius 3 is 2.60 bits per heavy atom. The topological polar surface area (TPSA) is 40.5 Å². The van der Waals surface area contributed by atoms with E-state index in [0.29, 0.717) is 17.1 Å². The third-order valence-electron chi connectivity index (χ3n) is 3.17. The van der Waals surface area contributed by atoms with E-state index in [4.69, 9.17) is 11.6 Å². The van der Waals surface area contributed by atoms with Crippen LogP contribution in [0, 0.1) is 6.92 Å².